The van der Waals surface area contributed by atoms with Crippen molar-refractivity contribution >= 4 is 0 Å². The molecule has 0 aliphatic heterocycles. The molecular formula is C18H31N3. The van der Waals surface area contributed by atoms with Gasteiger partial charge in [0.2, 0.25) is 0 Å². The van der Waals surface area contributed by atoms with E-state index in [0.29, 0.717) is 0 Å². The number of nitrogens with one attached hydrogen (secondary N) is 1. The summed E-state index contributed by atoms with van der Waals surface area (Å²) in [6.45, 7) is 6.75. The number of hydrogen-bond acceptors (Lipinski definition) is 2. The highest BCUT2D eigenvalue weighted by atomic mass is 15.3. The number of rotatable bonds is 7. The Morgan fingerprint density at radius 2 is 2.05 bits per heavy atom. The van der Waals surface area contributed by atoms with Crippen molar-refractivity contribution in [3.63, 3.8) is 0 Å². The molecule has 21 heavy (non-hydrogen) atoms. The minimum Gasteiger partial charge on any atom is -0.314 e. The zero-order valence-corrected chi connectivity index (χ0v) is 13.7. The second-order valence-corrected chi connectivity index (χ2v) is 7.20. The van der Waals surface area contributed by atoms with Crippen LogP contribution in [0.2, 0.25) is 0 Å². The number of nitrogens with zero attached hydrogens (tertiary/aromatic N) is 2. The van der Waals surface area contributed by atoms with E-state index in [1.54, 1.807) is 0 Å². The fourth-order valence-corrected chi connectivity index (χ4v) is 3.91. The second kappa shape index (κ2) is 6.95. The topological polar surface area (TPSA) is 29.9 Å². The molecule has 118 valence electrons. The fourth-order valence-electron chi connectivity index (χ4n) is 3.91. The number of aryl methyl sites for hydroxylation is 1. The van der Waals surface area contributed by atoms with E-state index in [2.05, 4.69) is 41.3 Å². The first-order valence-electron chi connectivity index (χ1n) is 9.03. The van der Waals surface area contributed by atoms with Gasteiger partial charge in [0, 0.05) is 18.8 Å². The minimum absolute atomic E-state index is 0.845. The van der Waals surface area contributed by atoms with E-state index >= 15 is 0 Å². The molecule has 1 heterocycles. The fraction of sp³-hybridized carbons (Fsp3) is 0.833. The van der Waals surface area contributed by atoms with Crippen LogP contribution in [0.4, 0.5) is 0 Å². The van der Waals surface area contributed by atoms with Crippen LogP contribution < -0.4 is 5.32 Å². The normalized spacial score (nSPS) is 29.7. The van der Waals surface area contributed by atoms with E-state index in [1.807, 2.05) is 0 Å². The molecule has 1 N–H and O–H groups in total. The third-order valence-electron chi connectivity index (χ3n) is 5.58. The van der Waals surface area contributed by atoms with Crippen LogP contribution >= 0.6 is 0 Å². The van der Waals surface area contributed by atoms with Gasteiger partial charge in [-0.25, -0.2) is 0 Å². The smallest absolute Gasteiger partial charge is 0.0521 e. The van der Waals surface area contributed by atoms with E-state index in [1.165, 1.54) is 57.1 Å². The SMILES string of the molecule is CCC1CCC(CNC2CC2)C(Cc2cnn(CC)c2)C1. The van der Waals surface area contributed by atoms with E-state index in [-0.39, 0.29) is 0 Å². The van der Waals surface area contributed by atoms with Gasteiger partial charge in [-0.2, -0.15) is 5.10 Å². The van der Waals surface area contributed by atoms with E-state index in [4.69, 9.17) is 0 Å². The molecule has 0 spiro atoms. The Balaban J connectivity index is 1.60. The molecule has 1 aromatic rings. The van der Waals surface area contributed by atoms with Gasteiger partial charge in [-0.3, -0.25) is 4.68 Å². The summed E-state index contributed by atoms with van der Waals surface area (Å²) in [6, 6.07) is 0.845. The summed E-state index contributed by atoms with van der Waals surface area (Å²) in [7, 11) is 0. The Hall–Kier alpha value is -0.830. The van der Waals surface area contributed by atoms with E-state index < -0.39 is 0 Å². The average Bonchev–Trinajstić information content (AvgIpc) is 3.23. The van der Waals surface area contributed by atoms with Gasteiger partial charge in [0.1, 0.15) is 0 Å². The second-order valence-electron chi connectivity index (χ2n) is 7.20. The lowest BCUT2D eigenvalue weighted by Crippen LogP contribution is -2.35. The summed E-state index contributed by atoms with van der Waals surface area (Å²) in [6.07, 6.45) is 14.0. The highest BCUT2D eigenvalue weighted by Gasteiger charge is 2.31. The lowest BCUT2D eigenvalue weighted by atomic mass is 9.71. The zero-order valence-electron chi connectivity index (χ0n) is 13.7. The monoisotopic (exact) mass is 289 g/mol. The van der Waals surface area contributed by atoms with Crippen LogP contribution in [0, 0.1) is 17.8 Å². The average molecular weight is 289 g/mol. The van der Waals surface area contributed by atoms with Gasteiger partial charge in [0.15, 0.2) is 0 Å². The van der Waals surface area contributed by atoms with Crippen LogP contribution in [0.3, 0.4) is 0 Å². The van der Waals surface area contributed by atoms with Crippen LogP contribution in [0.15, 0.2) is 12.4 Å². The molecule has 0 bridgehead atoms. The maximum Gasteiger partial charge on any atom is 0.0521 e. The highest BCUT2D eigenvalue weighted by Crippen LogP contribution is 2.37. The summed E-state index contributed by atoms with van der Waals surface area (Å²) in [5.41, 5.74) is 1.44. The van der Waals surface area contributed by atoms with Crippen molar-refractivity contribution in [2.45, 2.75) is 71.4 Å². The largest absolute Gasteiger partial charge is 0.314 e. The van der Waals surface area contributed by atoms with Crippen molar-refractivity contribution in [2.75, 3.05) is 6.54 Å². The van der Waals surface area contributed by atoms with Gasteiger partial charge < -0.3 is 5.32 Å². The third kappa shape index (κ3) is 4.09. The van der Waals surface area contributed by atoms with Gasteiger partial charge in [-0.15, -0.1) is 0 Å². The van der Waals surface area contributed by atoms with Crippen molar-refractivity contribution in [1.82, 2.24) is 15.1 Å². The molecule has 2 aliphatic carbocycles. The van der Waals surface area contributed by atoms with Crippen molar-refractivity contribution in [3.8, 4) is 0 Å². The predicted octanol–water partition coefficient (Wildman–Crippen LogP) is 3.64. The summed E-state index contributed by atoms with van der Waals surface area (Å²) in [4.78, 5) is 0. The molecule has 0 radical (unpaired) electrons. The summed E-state index contributed by atoms with van der Waals surface area (Å²) in [5, 5.41) is 8.22. The lowest BCUT2D eigenvalue weighted by molar-refractivity contribution is 0.171. The first kappa shape index (κ1) is 15.1. The van der Waals surface area contributed by atoms with Gasteiger partial charge in [0.05, 0.1) is 6.20 Å². The Morgan fingerprint density at radius 3 is 2.71 bits per heavy atom. The molecule has 2 fully saturated rings. The summed E-state index contributed by atoms with van der Waals surface area (Å²) >= 11 is 0. The maximum atomic E-state index is 4.45. The van der Waals surface area contributed by atoms with Gasteiger partial charge >= 0.3 is 0 Å². The number of aromatic nitrogens is 2. The quantitative estimate of drug-likeness (QED) is 0.830. The zero-order chi connectivity index (χ0) is 14.7. The van der Waals surface area contributed by atoms with Crippen molar-refractivity contribution < 1.29 is 0 Å². The molecule has 2 aliphatic rings. The molecule has 3 nitrogen and oxygen atoms in total. The number of hydrogen-bond donors (Lipinski definition) is 1. The van der Waals surface area contributed by atoms with Crippen molar-refractivity contribution in [1.29, 1.82) is 0 Å². The molecule has 0 saturated heterocycles. The Morgan fingerprint density at radius 1 is 1.19 bits per heavy atom. The summed E-state index contributed by atoms with van der Waals surface area (Å²) in [5.74, 6) is 2.68. The van der Waals surface area contributed by atoms with Crippen LogP contribution in [0.1, 0.15) is 57.9 Å². The maximum absolute atomic E-state index is 4.45. The molecule has 3 heteroatoms. The van der Waals surface area contributed by atoms with E-state index in [0.717, 1.165) is 30.3 Å². The van der Waals surface area contributed by atoms with Crippen LogP contribution in [0.5, 0.6) is 0 Å². The standard InChI is InChI=1S/C18H31N3/c1-3-14-5-6-16(12-19-18-7-8-18)17(9-14)10-15-11-20-21(4-2)13-15/h11,13-14,16-19H,3-10,12H2,1-2H3. The molecule has 3 atom stereocenters. The van der Waals surface area contributed by atoms with Crippen molar-refractivity contribution in [2.24, 2.45) is 17.8 Å². The first-order valence-corrected chi connectivity index (χ1v) is 9.03. The molecule has 0 amide bonds. The molecule has 1 aromatic heterocycles. The molecule has 2 saturated carbocycles. The molecular weight excluding hydrogens is 258 g/mol. The van der Waals surface area contributed by atoms with Crippen LogP contribution in [-0.2, 0) is 13.0 Å². The highest BCUT2D eigenvalue weighted by molar-refractivity contribution is 5.06. The van der Waals surface area contributed by atoms with Crippen molar-refractivity contribution in [3.05, 3.63) is 18.0 Å². The van der Waals surface area contributed by atoms with Crippen LogP contribution in [-0.4, -0.2) is 22.4 Å². The predicted molar refractivity (Wildman–Crippen MR) is 87.2 cm³/mol. The summed E-state index contributed by atoms with van der Waals surface area (Å²) < 4.78 is 2.06. The van der Waals surface area contributed by atoms with Gasteiger partial charge in [0.25, 0.3) is 0 Å². The van der Waals surface area contributed by atoms with Crippen LogP contribution in [0.25, 0.3) is 0 Å². The Kier molecular flexibility index (Phi) is 4.99. The Labute approximate surface area is 129 Å². The van der Waals surface area contributed by atoms with Gasteiger partial charge in [-0.1, -0.05) is 19.8 Å². The first-order chi connectivity index (χ1) is 10.3. The van der Waals surface area contributed by atoms with E-state index in [9.17, 15) is 0 Å². The molecule has 0 aromatic carbocycles. The molecule has 3 unspecified atom stereocenters. The van der Waals surface area contributed by atoms with Gasteiger partial charge in [-0.05, 0) is 68.9 Å². The Bertz CT molecular complexity index is 435. The molecule has 3 rings (SSSR count). The third-order valence-corrected chi connectivity index (χ3v) is 5.58. The lowest BCUT2D eigenvalue weighted by Gasteiger charge is -2.36. The minimum atomic E-state index is 0.845.